The Morgan fingerprint density at radius 1 is 1.09 bits per heavy atom. The van der Waals surface area contributed by atoms with Crippen molar-refractivity contribution in [3.05, 3.63) is 0 Å². The van der Waals surface area contributed by atoms with Crippen LogP contribution >= 0.6 is 0 Å². The molecule has 2 fully saturated rings. The predicted molar refractivity (Wildman–Crippen MR) is 87.2 cm³/mol. The number of amides is 2. The molecule has 0 radical (unpaired) electrons. The topological polar surface area (TPSA) is 95.6 Å². The summed E-state index contributed by atoms with van der Waals surface area (Å²) in [7, 11) is -3.14. The zero-order chi connectivity index (χ0) is 16.9. The van der Waals surface area contributed by atoms with Crippen LogP contribution in [0.5, 0.6) is 0 Å². The lowest BCUT2D eigenvalue weighted by Crippen LogP contribution is -2.49. The first-order valence-corrected chi connectivity index (χ1v) is 10.1. The average molecular weight is 345 g/mol. The van der Waals surface area contributed by atoms with E-state index in [2.05, 4.69) is 10.6 Å². The summed E-state index contributed by atoms with van der Waals surface area (Å²) in [6, 6.07) is -0.0193. The second kappa shape index (κ2) is 8.10. The molecule has 2 amide bonds. The highest BCUT2D eigenvalue weighted by Crippen LogP contribution is 2.24. The Balaban J connectivity index is 1.67. The number of rotatable bonds is 6. The molecular weight excluding hydrogens is 318 g/mol. The van der Waals surface area contributed by atoms with Crippen LogP contribution in [0.25, 0.3) is 0 Å². The Kier molecular flexibility index (Phi) is 6.41. The smallest absolute Gasteiger partial charge is 0.239 e. The van der Waals surface area contributed by atoms with Crippen molar-refractivity contribution in [1.82, 2.24) is 14.9 Å². The molecule has 1 saturated carbocycles. The molecule has 0 aromatic heterocycles. The largest absolute Gasteiger partial charge is 0.352 e. The molecule has 132 valence electrons. The van der Waals surface area contributed by atoms with Gasteiger partial charge in [0.2, 0.25) is 21.8 Å². The van der Waals surface area contributed by atoms with E-state index in [0.717, 1.165) is 25.7 Å². The maximum atomic E-state index is 11.9. The minimum Gasteiger partial charge on any atom is -0.352 e. The molecule has 2 N–H and O–H groups in total. The number of carbonyl (C=O) groups is 2. The summed E-state index contributed by atoms with van der Waals surface area (Å²) in [6.45, 7) is 2.52. The van der Waals surface area contributed by atoms with Gasteiger partial charge in [0.25, 0.3) is 0 Å². The third-order valence-corrected chi connectivity index (χ3v) is 6.61. The molecular formula is C15H27N3O4S. The second-order valence-corrected chi connectivity index (χ2v) is 8.60. The van der Waals surface area contributed by atoms with E-state index in [1.54, 1.807) is 6.92 Å². The lowest BCUT2D eigenvalue weighted by molar-refractivity contribution is -0.128. The van der Waals surface area contributed by atoms with Gasteiger partial charge in [0.1, 0.15) is 0 Å². The van der Waals surface area contributed by atoms with Gasteiger partial charge in [0.15, 0.2) is 0 Å². The molecule has 23 heavy (non-hydrogen) atoms. The minimum absolute atomic E-state index is 0.00278. The monoisotopic (exact) mass is 345 g/mol. The summed E-state index contributed by atoms with van der Waals surface area (Å²) in [6.07, 6.45) is 5.23. The van der Waals surface area contributed by atoms with Crippen molar-refractivity contribution in [2.75, 3.05) is 25.4 Å². The minimum atomic E-state index is -3.14. The Morgan fingerprint density at radius 3 is 2.26 bits per heavy atom. The summed E-state index contributed by atoms with van der Waals surface area (Å²) in [5.74, 6) is -0.0584. The fourth-order valence-corrected chi connectivity index (χ4v) is 4.37. The number of hydrogen-bond donors (Lipinski definition) is 2. The zero-order valence-electron chi connectivity index (χ0n) is 13.7. The Bertz CT molecular complexity index is 521. The molecule has 0 spiro atoms. The summed E-state index contributed by atoms with van der Waals surface area (Å²) < 4.78 is 25.0. The zero-order valence-corrected chi connectivity index (χ0v) is 14.5. The van der Waals surface area contributed by atoms with E-state index in [1.807, 2.05) is 0 Å². The molecule has 2 rings (SSSR count). The first-order chi connectivity index (χ1) is 10.9. The normalized spacial score (nSPS) is 21.3. The van der Waals surface area contributed by atoms with Crippen molar-refractivity contribution in [2.24, 2.45) is 5.92 Å². The van der Waals surface area contributed by atoms with E-state index in [-0.39, 0.29) is 36.1 Å². The van der Waals surface area contributed by atoms with Gasteiger partial charge in [-0.15, -0.1) is 0 Å². The molecule has 0 aromatic rings. The van der Waals surface area contributed by atoms with Crippen LogP contribution in [0.4, 0.5) is 0 Å². The average Bonchev–Trinajstić information content (AvgIpc) is 3.07. The number of nitrogens with zero attached hydrogens (tertiary/aromatic N) is 1. The number of hydrogen-bond acceptors (Lipinski definition) is 4. The van der Waals surface area contributed by atoms with Crippen LogP contribution in [0.1, 0.15) is 45.4 Å². The summed E-state index contributed by atoms with van der Waals surface area (Å²) in [5, 5.41) is 5.58. The van der Waals surface area contributed by atoms with Crippen LogP contribution in [-0.2, 0) is 19.6 Å². The molecule has 2 aliphatic rings. The summed E-state index contributed by atoms with van der Waals surface area (Å²) >= 11 is 0. The Hall–Kier alpha value is -1.15. The van der Waals surface area contributed by atoms with E-state index in [4.69, 9.17) is 0 Å². The molecule has 0 atom stereocenters. The molecule has 0 bridgehead atoms. The van der Waals surface area contributed by atoms with Crippen molar-refractivity contribution in [3.8, 4) is 0 Å². The third-order valence-electron chi connectivity index (χ3n) is 4.73. The first-order valence-electron chi connectivity index (χ1n) is 8.47. The molecule has 8 heteroatoms. The highest BCUT2D eigenvalue weighted by atomic mass is 32.2. The van der Waals surface area contributed by atoms with E-state index in [0.29, 0.717) is 25.9 Å². The number of piperidine rings is 1. The van der Waals surface area contributed by atoms with Crippen molar-refractivity contribution < 1.29 is 18.0 Å². The molecule has 0 aromatic carbocycles. The van der Waals surface area contributed by atoms with Crippen LogP contribution in [0.3, 0.4) is 0 Å². The van der Waals surface area contributed by atoms with Crippen LogP contribution in [0.15, 0.2) is 0 Å². The Morgan fingerprint density at radius 2 is 1.70 bits per heavy atom. The van der Waals surface area contributed by atoms with Crippen LogP contribution in [-0.4, -0.2) is 56.0 Å². The SMILES string of the molecule is CCS(=O)(=O)N1CCC(NC(=O)CNC(=O)C2CCCC2)CC1. The maximum Gasteiger partial charge on any atom is 0.239 e. The molecule has 1 aliphatic heterocycles. The van der Waals surface area contributed by atoms with Crippen molar-refractivity contribution in [2.45, 2.75) is 51.5 Å². The fourth-order valence-electron chi connectivity index (χ4n) is 3.24. The predicted octanol–water partition coefficient (Wildman–Crippen LogP) is 0.223. The lowest BCUT2D eigenvalue weighted by atomic mass is 10.1. The van der Waals surface area contributed by atoms with E-state index >= 15 is 0 Å². The molecule has 1 aliphatic carbocycles. The van der Waals surface area contributed by atoms with Gasteiger partial charge in [0.05, 0.1) is 12.3 Å². The van der Waals surface area contributed by atoms with Gasteiger partial charge in [-0.1, -0.05) is 12.8 Å². The highest BCUT2D eigenvalue weighted by molar-refractivity contribution is 7.89. The summed E-state index contributed by atoms with van der Waals surface area (Å²) in [5.41, 5.74) is 0. The van der Waals surface area contributed by atoms with Crippen LogP contribution in [0, 0.1) is 5.92 Å². The molecule has 7 nitrogen and oxygen atoms in total. The third kappa shape index (κ3) is 5.17. The van der Waals surface area contributed by atoms with Gasteiger partial charge in [-0.2, -0.15) is 0 Å². The lowest BCUT2D eigenvalue weighted by Gasteiger charge is -2.31. The summed E-state index contributed by atoms with van der Waals surface area (Å²) in [4.78, 5) is 23.8. The standard InChI is InChI=1S/C15H27N3O4S/c1-2-23(21,22)18-9-7-13(8-10-18)17-14(19)11-16-15(20)12-5-3-4-6-12/h12-13H,2-11H2,1H3,(H,16,20)(H,17,19). The molecule has 1 heterocycles. The number of nitrogens with one attached hydrogen (secondary N) is 2. The van der Waals surface area contributed by atoms with Crippen molar-refractivity contribution >= 4 is 21.8 Å². The van der Waals surface area contributed by atoms with E-state index < -0.39 is 10.0 Å². The van der Waals surface area contributed by atoms with Crippen LogP contribution < -0.4 is 10.6 Å². The highest BCUT2D eigenvalue weighted by Gasteiger charge is 2.27. The first kappa shape index (κ1) is 18.2. The van der Waals surface area contributed by atoms with Gasteiger partial charge in [-0.25, -0.2) is 12.7 Å². The van der Waals surface area contributed by atoms with Crippen LogP contribution in [0.2, 0.25) is 0 Å². The molecule has 0 unspecified atom stereocenters. The van der Waals surface area contributed by atoms with E-state index in [1.165, 1.54) is 4.31 Å². The number of sulfonamides is 1. The Labute approximate surface area is 138 Å². The number of carbonyl (C=O) groups excluding carboxylic acids is 2. The van der Waals surface area contributed by atoms with Gasteiger partial charge in [-0.05, 0) is 32.6 Å². The van der Waals surface area contributed by atoms with Gasteiger partial charge < -0.3 is 10.6 Å². The van der Waals surface area contributed by atoms with Gasteiger partial charge >= 0.3 is 0 Å². The molecule has 1 saturated heterocycles. The van der Waals surface area contributed by atoms with Crippen molar-refractivity contribution in [1.29, 1.82) is 0 Å². The maximum absolute atomic E-state index is 11.9. The van der Waals surface area contributed by atoms with Gasteiger partial charge in [-0.3, -0.25) is 9.59 Å². The van der Waals surface area contributed by atoms with E-state index in [9.17, 15) is 18.0 Å². The van der Waals surface area contributed by atoms with Gasteiger partial charge in [0, 0.05) is 25.0 Å². The quantitative estimate of drug-likeness (QED) is 0.720. The van der Waals surface area contributed by atoms with Crippen molar-refractivity contribution in [3.63, 3.8) is 0 Å². The second-order valence-electron chi connectivity index (χ2n) is 6.34. The fraction of sp³-hybridized carbons (Fsp3) is 0.867.